The second-order valence-corrected chi connectivity index (χ2v) is 5.81. The van der Waals surface area contributed by atoms with Gasteiger partial charge in [0.25, 0.3) is 0 Å². The van der Waals surface area contributed by atoms with Crippen molar-refractivity contribution in [3.8, 4) is 10.6 Å². The van der Waals surface area contributed by atoms with Gasteiger partial charge in [-0.2, -0.15) is 5.10 Å². The number of nitrogens with two attached hydrogens (primary N) is 1. The van der Waals surface area contributed by atoms with Crippen molar-refractivity contribution in [2.75, 3.05) is 5.73 Å². The Morgan fingerprint density at radius 2 is 2.00 bits per heavy atom. The van der Waals surface area contributed by atoms with Crippen molar-refractivity contribution in [1.82, 2.24) is 24.7 Å². The molecule has 0 saturated carbocycles. The number of fused-ring (bicyclic) bond motifs is 1. The van der Waals surface area contributed by atoms with E-state index in [0.29, 0.717) is 18.0 Å². The van der Waals surface area contributed by atoms with Crippen LogP contribution in [0.2, 0.25) is 0 Å². The number of nitrogen functional groups attached to an aromatic ring is 1. The molecule has 0 aliphatic heterocycles. The third-order valence-electron chi connectivity index (χ3n) is 3.42. The number of hydrogen-bond donors (Lipinski definition) is 1. The van der Waals surface area contributed by atoms with E-state index in [1.807, 2.05) is 5.38 Å². The van der Waals surface area contributed by atoms with Crippen molar-refractivity contribution in [3.05, 3.63) is 53.7 Å². The van der Waals surface area contributed by atoms with E-state index >= 15 is 0 Å². The van der Waals surface area contributed by atoms with Crippen molar-refractivity contribution in [3.63, 3.8) is 0 Å². The zero-order valence-corrected chi connectivity index (χ0v) is 12.7. The SMILES string of the molecule is Nc1ncnc2c1cnn2Cc1csc(-c2ccc(F)cc2)n1. The molecule has 4 rings (SSSR count). The van der Waals surface area contributed by atoms with Gasteiger partial charge in [-0.15, -0.1) is 11.3 Å². The highest BCUT2D eigenvalue weighted by molar-refractivity contribution is 7.13. The molecule has 0 fully saturated rings. The fourth-order valence-electron chi connectivity index (χ4n) is 2.28. The summed E-state index contributed by atoms with van der Waals surface area (Å²) in [6, 6.07) is 6.29. The van der Waals surface area contributed by atoms with Gasteiger partial charge in [-0.3, -0.25) is 0 Å². The summed E-state index contributed by atoms with van der Waals surface area (Å²) in [4.78, 5) is 12.7. The van der Waals surface area contributed by atoms with Crippen molar-refractivity contribution in [2.24, 2.45) is 0 Å². The minimum atomic E-state index is -0.259. The predicted molar refractivity (Wildman–Crippen MR) is 86.3 cm³/mol. The number of thiazole rings is 1. The molecule has 6 nitrogen and oxygen atoms in total. The van der Waals surface area contributed by atoms with Crippen LogP contribution >= 0.6 is 11.3 Å². The van der Waals surface area contributed by atoms with E-state index in [9.17, 15) is 4.39 Å². The van der Waals surface area contributed by atoms with Crippen molar-refractivity contribution >= 4 is 28.2 Å². The molecule has 8 heteroatoms. The third kappa shape index (κ3) is 2.53. The number of hydrogen-bond acceptors (Lipinski definition) is 6. The molecule has 0 atom stereocenters. The quantitative estimate of drug-likeness (QED) is 0.626. The molecule has 0 bridgehead atoms. The van der Waals surface area contributed by atoms with Gasteiger partial charge in [0, 0.05) is 10.9 Å². The average Bonchev–Trinajstić information content (AvgIpc) is 3.17. The van der Waals surface area contributed by atoms with Crippen molar-refractivity contribution in [2.45, 2.75) is 6.54 Å². The van der Waals surface area contributed by atoms with Gasteiger partial charge in [0.05, 0.1) is 23.8 Å². The maximum absolute atomic E-state index is 13.0. The Kier molecular flexibility index (Phi) is 3.23. The fourth-order valence-corrected chi connectivity index (χ4v) is 3.10. The van der Waals surface area contributed by atoms with Crippen molar-refractivity contribution < 1.29 is 4.39 Å². The first-order valence-corrected chi connectivity index (χ1v) is 7.71. The molecular formula is C15H11FN6S. The third-order valence-corrected chi connectivity index (χ3v) is 4.36. The van der Waals surface area contributed by atoms with Gasteiger partial charge >= 0.3 is 0 Å². The smallest absolute Gasteiger partial charge is 0.163 e. The lowest BCUT2D eigenvalue weighted by atomic mass is 10.2. The summed E-state index contributed by atoms with van der Waals surface area (Å²) in [6.45, 7) is 0.484. The minimum absolute atomic E-state index is 0.259. The van der Waals surface area contributed by atoms with Gasteiger partial charge in [0.2, 0.25) is 0 Å². The van der Waals surface area contributed by atoms with E-state index in [2.05, 4.69) is 20.1 Å². The van der Waals surface area contributed by atoms with Gasteiger partial charge in [-0.25, -0.2) is 24.0 Å². The largest absolute Gasteiger partial charge is 0.383 e. The van der Waals surface area contributed by atoms with E-state index in [4.69, 9.17) is 5.73 Å². The maximum Gasteiger partial charge on any atom is 0.163 e. The first-order valence-electron chi connectivity index (χ1n) is 6.83. The van der Waals surface area contributed by atoms with E-state index in [1.54, 1.807) is 23.0 Å². The Bertz CT molecular complexity index is 975. The summed E-state index contributed by atoms with van der Waals surface area (Å²) in [5.74, 6) is 0.150. The van der Waals surface area contributed by atoms with Crippen LogP contribution in [0.5, 0.6) is 0 Å². The van der Waals surface area contributed by atoms with Crippen LogP contribution in [-0.2, 0) is 6.54 Å². The Morgan fingerprint density at radius 1 is 1.17 bits per heavy atom. The molecular weight excluding hydrogens is 315 g/mol. The first kappa shape index (κ1) is 13.8. The van der Waals surface area contributed by atoms with Gasteiger partial charge in [-0.05, 0) is 24.3 Å². The molecule has 114 valence electrons. The zero-order valence-electron chi connectivity index (χ0n) is 11.8. The van der Waals surface area contributed by atoms with Gasteiger partial charge in [0.15, 0.2) is 5.65 Å². The number of anilines is 1. The molecule has 0 amide bonds. The van der Waals surface area contributed by atoms with Gasteiger partial charge in [0.1, 0.15) is 23.0 Å². The first-order chi connectivity index (χ1) is 11.2. The Labute approximate surface area is 134 Å². The standard InChI is InChI=1S/C15H11FN6S/c16-10-3-1-9(2-4-10)15-21-11(7-23-15)6-22-14-12(5-20-22)13(17)18-8-19-14/h1-5,7-8H,6H2,(H2,17,18,19). The minimum Gasteiger partial charge on any atom is -0.383 e. The summed E-state index contributed by atoms with van der Waals surface area (Å²) < 4.78 is 14.7. The summed E-state index contributed by atoms with van der Waals surface area (Å²) in [5, 5.41) is 7.81. The highest BCUT2D eigenvalue weighted by atomic mass is 32.1. The molecule has 1 aromatic carbocycles. The van der Waals surface area contributed by atoms with E-state index < -0.39 is 0 Å². The molecule has 0 spiro atoms. The topological polar surface area (TPSA) is 82.5 Å². The van der Waals surface area contributed by atoms with Gasteiger partial charge in [-0.1, -0.05) is 0 Å². The van der Waals surface area contributed by atoms with E-state index in [0.717, 1.165) is 21.7 Å². The van der Waals surface area contributed by atoms with E-state index in [1.165, 1.54) is 29.8 Å². The van der Waals surface area contributed by atoms with E-state index in [-0.39, 0.29) is 5.82 Å². The second kappa shape index (κ2) is 5.40. The predicted octanol–water partition coefficient (Wildman–Crippen LogP) is 2.72. The van der Waals surface area contributed by atoms with Crippen LogP contribution < -0.4 is 5.73 Å². The number of nitrogens with zero attached hydrogens (tertiary/aromatic N) is 5. The lowest BCUT2D eigenvalue weighted by Crippen LogP contribution is -2.03. The van der Waals surface area contributed by atoms with Crippen LogP contribution in [0, 0.1) is 5.82 Å². The fraction of sp³-hybridized carbons (Fsp3) is 0.0667. The normalized spacial score (nSPS) is 11.2. The zero-order chi connectivity index (χ0) is 15.8. The van der Waals surface area contributed by atoms with Crippen LogP contribution in [0.15, 0.2) is 42.2 Å². The van der Waals surface area contributed by atoms with Crippen LogP contribution in [0.4, 0.5) is 10.2 Å². The number of aromatic nitrogens is 5. The highest BCUT2D eigenvalue weighted by Crippen LogP contribution is 2.25. The molecule has 4 aromatic rings. The Balaban J connectivity index is 1.64. The molecule has 0 saturated heterocycles. The second-order valence-electron chi connectivity index (χ2n) is 4.95. The molecule has 0 aliphatic rings. The van der Waals surface area contributed by atoms with Crippen molar-refractivity contribution in [1.29, 1.82) is 0 Å². The number of benzene rings is 1. The van der Waals surface area contributed by atoms with Gasteiger partial charge < -0.3 is 5.73 Å². The Morgan fingerprint density at radius 3 is 2.83 bits per heavy atom. The lowest BCUT2D eigenvalue weighted by Gasteiger charge is -2.00. The number of halogens is 1. The summed E-state index contributed by atoms with van der Waals surface area (Å²) in [6.07, 6.45) is 3.07. The summed E-state index contributed by atoms with van der Waals surface area (Å²) in [5.41, 5.74) is 8.23. The van der Waals surface area contributed by atoms with Crippen LogP contribution in [0.3, 0.4) is 0 Å². The molecule has 0 unspecified atom stereocenters. The monoisotopic (exact) mass is 326 g/mol. The van der Waals surface area contributed by atoms with Crippen LogP contribution in [0.1, 0.15) is 5.69 Å². The van der Waals surface area contributed by atoms with Crippen LogP contribution in [-0.4, -0.2) is 24.7 Å². The number of rotatable bonds is 3. The summed E-state index contributed by atoms with van der Waals surface area (Å²) in [7, 11) is 0. The highest BCUT2D eigenvalue weighted by Gasteiger charge is 2.10. The maximum atomic E-state index is 13.0. The molecule has 0 radical (unpaired) electrons. The molecule has 3 aromatic heterocycles. The molecule has 3 heterocycles. The molecule has 23 heavy (non-hydrogen) atoms. The lowest BCUT2D eigenvalue weighted by molar-refractivity contribution is 0.628. The summed E-state index contributed by atoms with van der Waals surface area (Å²) >= 11 is 1.51. The molecule has 0 aliphatic carbocycles. The average molecular weight is 326 g/mol. The Hall–Kier alpha value is -2.87. The molecule has 2 N–H and O–H groups in total. The van der Waals surface area contributed by atoms with Crippen LogP contribution in [0.25, 0.3) is 21.6 Å².